The lowest BCUT2D eigenvalue weighted by atomic mass is 10.1. The number of hydrogen-bond acceptors (Lipinski definition) is 3. The Morgan fingerprint density at radius 2 is 2.00 bits per heavy atom. The van der Waals surface area contributed by atoms with Gasteiger partial charge in [-0.05, 0) is 38.8 Å². The fourth-order valence-electron chi connectivity index (χ4n) is 1.95. The first kappa shape index (κ1) is 13.5. The van der Waals surface area contributed by atoms with Crippen molar-refractivity contribution < 1.29 is 4.39 Å². The molecule has 1 aromatic carbocycles. The maximum atomic E-state index is 13.6. The molecule has 0 aliphatic rings. The molecule has 0 bridgehead atoms. The van der Waals surface area contributed by atoms with Gasteiger partial charge in [-0.25, -0.2) is 9.37 Å². The summed E-state index contributed by atoms with van der Waals surface area (Å²) in [6.07, 6.45) is 2.35. The van der Waals surface area contributed by atoms with Gasteiger partial charge in [0.2, 0.25) is 0 Å². The van der Waals surface area contributed by atoms with Crippen LogP contribution in [0.3, 0.4) is 0 Å². The smallest absolute Gasteiger partial charge is 0.147 e. The molecule has 3 nitrogen and oxygen atoms in total. The number of hydrogen-bond donors (Lipinski definition) is 1. The summed E-state index contributed by atoms with van der Waals surface area (Å²) in [5, 5.41) is 3.29. The van der Waals surface area contributed by atoms with E-state index in [2.05, 4.69) is 15.3 Å². The molecule has 0 radical (unpaired) electrons. The van der Waals surface area contributed by atoms with Gasteiger partial charge in [0.1, 0.15) is 11.6 Å². The number of rotatable bonds is 4. The topological polar surface area (TPSA) is 37.8 Å². The summed E-state index contributed by atoms with van der Waals surface area (Å²) in [5.74, 6) is 0.604. The molecule has 0 spiro atoms. The zero-order valence-electron chi connectivity index (χ0n) is 11.4. The summed E-state index contributed by atoms with van der Waals surface area (Å²) in [6.45, 7) is 5.82. The largest absolute Gasteiger partial charge is 0.366 e. The van der Waals surface area contributed by atoms with Crippen molar-refractivity contribution in [3.63, 3.8) is 0 Å². The standard InChI is InChI=1S/C15H18FN3/c1-10(8-13-6-4-5-7-14(13)16)18-15-12(3)17-9-11(2)19-15/h4-7,9-10H,8H2,1-3H3,(H,18,19). The molecular formula is C15H18FN3. The van der Waals surface area contributed by atoms with Crippen molar-refractivity contribution in [2.75, 3.05) is 5.32 Å². The molecule has 0 saturated carbocycles. The third-order valence-electron chi connectivity index (χ3n) is 2.94. The van der Waals surface area contributed by atoms with E-state index in [0.29, 0.717) is 12.0 Å². The van der Waals surface area contributed by atoms with Crippen LogP contribution in [0.2, 0.25) is 0 Å². The number of halogens is 1. The fraction of sp³-hybridized carbons (Fsp3) is 0.333. The highest BCUT2D eigenvalue weighted by Gasteiger charge is 2.10. The van der Waals surface area contributed by atoms with Gasteiger partial charge in [0.15, 0.2) is 0 Å². The van der Waals surface area contributed by atoms with Crippen molar-refractivity contribution in [1.82, 2.24) is 9.97 Å². The molecule has 0 fully saturated rings. The Labute approximate surface area is 112 Å². The van der Waals surface area contributed by atoms with E-state index in [1.807, 2.05) is 32.9 Å². The lowest BCUT2D eigenvalue weighted by Crippen LogP contribution is -2.20. The maximum Gasteiger partial charge on any atom is 0.147 e. The molecule has 2 aromatic rings. The van der Waals surface area contributed by atoms with Crippen molar-refractivity contribution >= 4 is 5.82 Å². The van der Waals surface area contributed by atoms with Gasteiger partial charge in [-0.2, -0.15) is 0 Å². The average Bonchev–Trinajstić information content (AvgIpc) is 2.37. The molecule has 4 heteroatoms. The summed E-state index contributed by atoms with van der Waals surface area (Å²) >= 11 is 0. The highest BCUT2D eigenvalue weighted by Crippen LogP contribution is 2.14. The van der Waals surface area contributed by atoms with Crippen LogP contribution in [0.15, 0.2) is 30.5 Å². The summed E-state index contributed by atoms with van der Waals surface area (Å²) in [6, 6.07) is 6.93. The number of aryl methyl sites for hydroxylation is 2. The molecule has 1 N–H and O–H groups in total. The SMILES string of the molecule is Cc1cnc(C)c(NC(C)Cc2ccccc2F)n1. The lowest BCUT2D eigenvalue weighted by Gasteiger charge is -2.16. The molecule has 19 heavy (non-hydrogen) atoms. The van der Waals surface area contributed by atoms with Crippen molar-refractivity contribution in [2.45, 2.75) is 33.2 Å². The molecule has 2 rings (SSSR count). The Hall–Kier alpha value is -1.97. The molecule has 0 aliphatic heterocycles. The monoisotopic (exact) mass is 259 g/mol. The molecule has 1 atom stereocenters. The highest BCUT2D eigenvalue weighted by atomic mass is 19.1. The first-order valence-corrected chi connectivity index (χ1v) is 6.36. The number of aromatic nitrogens is 2. The number of nitrogens with one attached hydrogen (secondary N) is 1. The van der Waals surface area contributed by atoms with Crippen molar-refractivity contribution in [3.05, 3.63) is 53.2 Å². The lowest BCUT2D eigenvalue weighted by molar-refractivity contribution is 0.601. The Morgan fingerprint density at radius 1 is 1.26 bits per heavy atom. The normalized spacial score (nSPS) is 12.2. The zero-order chi connectivity index (χ0) is 13.8. The van der Waals surface area contributed by atoms with Gasteiger partial charge in [-0.15, -0.1) is 0 Å². The van der Waals surface area contributed by atoms with Crippen LogP contribution in [-0.2, 0) is 6.42 Å². The summed E-state index contributed by atoms with van der Waals surface area (Å²) in [5.41, 5.74) is 2.43. The molecule has 1 heterocycles. The third-order valence-corrected chi connectivity index (χ3v) is 2.94. The van der Waals surface area contributed by atoms with E-state index in [1.165, 1.54) is 6.07 Å². The Kier molecular flexibility index (Phi) is 4.10. The first-order chi connectivity index (χ1) is 9.06. The Bertz CT molecular complexity index is 569. The molecule has 0 amide bonds. The number of nitrogens with zero attached hydrogens (tertiary/aromatic N) is 2. The van der Waals surface area contributed by atoms with Crippen LogP contribution in [0, 0.1) is 19.7 Å². The molecule has 1 aromatic heterocycles. The zero-order valence-corrected chi connectivity index (χ0v) is 11.4. The molecule has 100 valence electrons. The van der Waals surface area contributed by atoms with Crippen molar-refractivity contribution in [1.29, 1.82) is 0 Å². The fourth-order valence-corrected chi connectivity index (χ4v) is 1.95. The van der Waals surface area contributed by atoms with E-state index in [9.17, 15) is 4.39 Å². The van der Waals surface area contributed by atoms with Gasteiger partial charge in [0, 0.05) is 12.2 Å². The van der Waals surface area contributed by atoms with E-state index >= 15 is 0 Å². The second kappa shape index (κ2) is 5.78. The van der Waals surface area contributed by atoms with Gasteiger partial charge in [0.25, 0.3) is 0 Å². The second-order valence-corrected chi connectivity index (χ2v) is 4.79. The van der Waals surface area contributed by atoms with E-state index in [1.54, 1.807) is 12.3 Å². The van der Waals surface area contributed by atoms with Crippen LogP contribution in [0.5, 0.6) is 0 Å². The predicted molar refractivity (Wildman–Crippen MR) is 74.7 cm³/mol. The van der Waals surface area contributed by atoms with Crippen LogP contribution < -0.4 is 5.32 Å². The predicted octanol–water partition coefficient (Wildman–Crippen LogP) is 3.28. The Morgan fingerprint density at radius 3 is 2.74 bits per heavy atom. The van der Waals surface area contributed by atoms with Gasteiger partial charge >= 0.3 is 0 Å². The van der Waals surface area contributed by atoms with Crippen LogP contribution >= 0.6 is 0 Å². The summed E-state index contributed by atoms with van der Waals surface area (Å²) in [7, 11) is 0. The highest BCUT2D eigenvalue weighted by molar-refractivity contribution is 5.40. The van der Waals surface area contributed by atoms with Crippen LogP contribution in [0.25, 0.3) is 0 Å². The van der Waals surface area contributed by atoms with E-state index in [0.717, 1.165) is 17.2 Å². The summed E-state index contributed by atoms with van der Waals surface area (Å²) < 4.78 is 13.6. The van der Waals surface area contributed by atoms with Gasteiger partial charge < -0.3 is 5.32 Å². The van der Waals surface area contributed by atoms with E-state index in [4.69, 9.17) is 0 Å². The third kappa shape index (κ3) is 3.50. The molecule has 0 saturated heterocycles. The van der Waals surface area contributed by atoms with Crippen LogP contribution in [-0.4, -0.2) is 16.0 Å². The molecule has 1 unspecified atom stereocenters. The summed E-state index contributed by atoms with van der Waals surface area (Å²) in [4.78, 5) is 8.67. The minimum absolute atomic E-state index is 0.0895. The Balaban J connectivity index is 2.07. The molecular weight excluding hydrogens is 241 g/mol. The van der Waals surface area contributed by atoms with Gasteiger partial charge in [0.05, 0.1) is 11.4 Å². The number of benzene rings is 1. The quantitative estimate of drug-likeness (QED) is 0.915. The van der Waals surface area contributed by atoms with E-state index < -0.39 is 0 Å². The maximum absolute atomic E-state index is 13.6. The van der Waals surface area contributed by atoms with Crippen molar-refractivity contribution in [2.24, 2.45) is 0 Å². The van der Waals surface area contributed by atoms with E-state index in [-0.39, 0.29) is 11.9 Å². The van der Waals surface area contributed by atoms with Crippen LogP contribution in [0.4, 0.5) is 10.2 Å². The van der Waals surface area contributed by atoms with Gasteiger partial charge in [-0.1, -0.05) is 18.2 Å². The van der Waals surface area contributed by atoms with Crippen LogP contribution in [0.1, 0.15) is 23.9 Å². The average molecular weight is 259 g/mol. The van der Waals surface area contributed by atoms with Gasteiger partial charge in [-0.3, -0.25) is 4.98 Å². The van der Waals surface area contributed by atoms with Crippen molar-refractivity contribution in [3.8, 4) is 0 Å². The second-order valence-electron chi connectivity index (χ2n) is 4.79. The minimum Gasteiger partial charge on any atom is -0.366 e. The first-order valence-electron chi connectivity index (χ1n) is 6.36. The number of anilines is 1. The minimum atomic E-state index is -0.164. The molecule has 0 aliphatic carbocycles.